The highest BCUT2D eigenvalue weighted by atomic mass is 19.4. The Morgan fingerprint density at radius 3 is 2.20 bits per heavy atom. The van der Waals surface area contributed by atoms with Gasteiger partial charge in [-0.15, -0.1) is 0 Å². The fourth-order valence-electron chi connectivity index (χ4n) is 4.05. The molecule has 2 aromatic carbocycles. The van der Waals surface area contributed by atoms with Crippen LogP contribution in [-0.4, -0.2) is 9.55 Å². The van der Waals surface area contributed by atoms with Gasteiger partial charge < -0.3 is 4.57 Å². The van der Waals surface area contributed by atoms with Gasteiger partial charge in [0.1, 0.15) is 0 Å². The first-order valence-electron chi connectivity index (χ1n) is 10.1. The van der Waals surface area contributed by atoms with Gasteiger partial charge >= 0.3 is 6.18 Å². The minimum absolute atomic E-state index is 0.145. The van der Waals surface area contributed by atoms with Crippen molar-refractivity contribution in [3.8, 4) is 11.3 Å². The molecule has 0 saturated carbocycles. The van der Waals surface area contributed by atoms with E-state index in [4.69, 9.17) is 4.98 Å². The van der Waals surface area contributed by atoms with Gasteiger partial charge in [-0.25, -0.2) is 0 Å². The van der Waals surface area contributed by atoms with E-state index in [9.17, 15) is 13.2 Å². The standard InChI is InChI=1S/C25H23F3N2/c1-3-17-9-7-10-18(4-2)24(17)22-14-19-12-13-30(23(19)15-29-22)16-20-8-5-6-11-21(20)25(26,27)28/h5-15H,3-4,16H2,1-2H3. The summed E-state index contributed by atoms with van der Waals surface area (Å²) in [6.07, 6.45) is 1.06. The predicted octanol–water partition coefficient (Wildman–Crippen LogP) is 6.90. The highest BCUT2D eigenvalue weighted by Gasteiger charge is 2.32. The van der Waals surface area contributed by atoms with Crippen LogP contribution in [0.15, 0.2) is 67.0 Å². The molecule has 0 saturated heterocycles. The summed E-state index contributed by atoms with van der Waals surface area (Å²) in [5.41, 5.74) is 5.05. The molecule has 0 fully saturated rings. The third kappa shape index (κ3) is 3.72. The first-order chi connectivity index (χ1) is 14.4. The highest BCUT2D eigenvalue weighted by Crippen LogP contribution is 2.33. The lowest BCUT2D eigenvalue weighted by atomic mass is 9.94. The summed E-state index contributed by atoms with van der Waals surface area (Å²) >= 11 is 0. The van der Waals surface area contributed by atoms with E-state index in [1.807, 2.05) is 22.9 Å². The first kappa shape index (κ1) is 20.2. The summed E-state index contributed by atoms with van der Waals surface area (Å²) in [4.78, 5) is 4.70. The third-order valence-electron chi connectivity index (χ3n) is 5.58. The fourth-order valence-corrected chi connectivity index (χ4v) is 4.05. The number of rotatable bonds is 5. The van der Waals surface area contributed by atoms with Crippen molar-refractivity contribution in [1.29, 1.82) is 0 Å². The van der Waals surface area contributed by atoms with Crippen molar-refractivity contribution >= 4 is 10.9 Å². The van der Waals surface area contributed by atoms with E-state index in [0.717, 1.165) is 35.5 Å². The molecular formula is C25H23F3N2. The van der Waals surface area contributed by atoms with E-state index in [0.29, 0.717) is 0 Å². The van der Waals surface area contributed by atoms with Gasteiger partial charge in [0.05, 0.1) is 23.0 Å². The molecule has 0 aliphatic heterocycles. The fraction of sp³-hybridized carbons (Fsp3) is 0.240. The highest BCUT2D eigenvalue weighted by molar-refractivity contribution is 5.84. The largest absolute Gasteiger partial charge is 0.416 e. The molecule has 2 aromatic heterocycles. The van der Waals surface area contributed by atoms with Gasteiger partial charge in [-0.1, -0.05) is 50.2 Å². The van der Waals surface area contributed by atoms with Crippen molar-refractivity contribution in [2.24, 2.45) is 0 Å². The van der Waals surface area contributed by atoms with Gasteiger partial charge in [-0.05, 0) is 47.7 Å². The SMILES string of the molecule is CCc1cccc(CC)c1-c1cc2ccn(Cc3ccccc3C(F)(F)F)c2cn1. The van der Waals surface area contributed by atoms with E-state index in [1.165, 1.54) is 28.8 Å². The van der Waals surface area contributed by atoms with Gasteiger partial charge in [-0.2, -0.15) is 13.2 Å². The van der Waals surface area contributed by atoms with Crippen LogP contribution in [0.3, 0.4) is 0 Å². The number of aromatic nitrogens is 2. The number of pyridine rings is 1. The van der Waals surface area contributed by atoms with Crippen molar-refractivity contribution in [3.05, 3.63) is 89.2 Å². The maximum atomic E-state index is 13.4. The molecule has 0 radical (unpaired) electrons. The van der Waals surface area contributed by atoms with Crippen molar-refractivity contribution in [1.82, 2.24) is 9.55 Å². The van der Waals surface area contributed by atoms with Crippen molar-refractivity contribution < 1.29 is 13.2 Å². The summed E-state index contributed by atoms with van der Waals surface area (Å²) in [5.74, 6) is 0. The summed E-state index contributed by atoms with van der Waals surface area (Å²) in [7, 11) is 0. The maximum Gasteiger partial charge on any atom is 0.416 e. The molecule has 0 unspecified atom stereocenters. The molecule has 4 rings (SSSR count). The summed E-state index contributed by atoms with van der Waals surface area (Å²) in [6.45, 7) is 4.41. The molecule has 2 heterocycles. The van der Waals surface area contributed by atoms with Crippen LogP contribution in [0.4, 0.5) is 13.2 Å². The number of hydrogen-bond acceptors (Lipinski definition) is 1. The van der Waals surface area contributed by atoms with E-state index >= 15 is 0 Å². The molecule has 0 atom stereocenters. The zero-order valence-corrected chi connectivity index (χ0v) is 17.0. The number of halogens is 3. The number of benzene rings is 2. The van der Waals surface area contributed by atoms with Crippen LogP contribution in [-0.2, 0) is 25.6 Å². The Balaban J connectivity index is 1.75. The lowest BCUT2D eigenvalue weighted by Gasteiger charge is -2.14. The molecule has 0 bridgehead atoms. The van der Waals surface area contributed by atoms with E-state index in [2.05, 4.69) is 32.0 Å². The maximum absolute atomic E-state index is 13.4. The average Bonchev–Trinajstić information content (AvgIpc) is 3.14. The van der Waals surface area contributed by atoms with Crippen molar-refractivity contribution in [3.63, 3.8) is 0 Å². The minimum Gasteiger partial charge on any atom is -0.342 e. The zero-order valence-electron chi connectivity index (χ0n) is 17.0. The summed E-state index contributed by atoms with van der Waals surface area (Å²) in [5, 5.41) is 0.970. The molecular weight excluding hydrogens is 385 g/mol. The smallest absolute Gasteiger partial charge is 0.342 e. The molecule has 2 nitrogen and oxygen atoms in total. The predicted molar refractivity (Wildman–Crippen MR) is 114 cm³/mol. The number of aryl methyl sites for hydroxylation is 2. The average molecular weight is 408 g/mol. The Bertz CT molecular complexity index is 1170. The van der Waals surface area contributed by atoms with Gasteiger partial charge in [0.25, 0.3) is 0 Å². The number of nitrogens with zero attached hydrogens (tertiary/aromatic N) is 2. The summed E-state index contributed by atoms with van der Waals surface area (Å²) < 4.78 is 41.9. The van der Waals surface area contributed by atoms with Crippen LogP contribution in [0, 0.1) is 0 Å². The van der Waals surface area contributed by atoms with Crippen LogP contribution in [0.25, 0.3) is 22.2 Å². The van der Waals surface area contributed by atoms with Gasteiger partial charge in [0.2, 0.25) is 0 Å². The molecule has 0 aliphatic rings. The topological polar surface area (TPSA) is 17.8 Å². The van der Waals surface area contributed by atoms with E-state index < -0.39 is 11.7 Å². The second kappa shape index (κ2) is 7.98. The monoisotopic (exact) mass is 408 g/mol. The van der Waals surface area contributed by atoms with Crippen LogP contribution in [0.5, 0.6) is 0 Å². The first-order valence-corrected chi connectivity index (χ1v) is 10.1. The Morgan fingerprint density at radius 2 is 1.53 bits per heavy atom. The Morgan fingerprint density at radius 1 is 0.867 bits per heavy atom. The van der Waals surface area contributed by atoms with Crippen LogP contribution >= 0.6 is 0 Å². The van der Waals surface area contributed by atoms with Gasteiger partial charge in [-0.3, -0.25) is 4.98 Å². The van der Waals surface area contributed by atoms with E-state index in [1.54, 1.807) is 12.3 Å². The van der Waals surface area contributed by atoms with Crippen LogP contribution < -0.4 is 0 Å². The van der Waals surface area contributed by atoms with Gasteiger partial charge in [0, 0.05) is 23.7 Å². The Kier molecular flexibility index (Phi) is 5.37. The normalized spacial score (nSPS) is 11.9. The molecule has 0 N–H and O–H groups in total. The molecule has 5 heteroatoms. The molecule has 4 aromatic rings. The van der Waals surface area contributed by atoms with Crippen LogP contribution in [0.1, 0.15) is 36.1 Å². The molecule has 0 aliphatic carbocycles. The molecule has 0 spiro atoms. The lowest BCUT2D eigenvalue weighted by molar-refractivity contribution is -0.138. The Labute approximate surface area is 174 Å². The second-order valence-electron chi connectivity index (χ2n) is 7.39. The van der Waals surface area contributed by atoms with E-state index in [-0.39, 0.29) is 12.1 Å². The zero-order chi connectivity index (χ0) is 21.3. The Hall–Kier alpha value is -3.08. The minimum atomic E-state index is -4.37. The molecule has 30 heavy (non-hydrogen) atoms. The number of fused-ring (bicyclic) bond motifs is 1. The molecule has 0 amide bonds. The van der Waals surface area contributed by atoms with Crippen LogP contribution in [0.2, 0.25) is 0 Å². The lowest BCUT2D eigenvalue weighted by Crippen LogP contribution is -2.11. The quantitative estimate of drug-likeness (QED) is 0.351. The number of alkyl halides is 3. The number of hydrogen-bond donors (Lipinski definition) is 0. The third-order valence-corrected chi connectivity index (χ3v) is 5.58. The second-order valence-corrected chi connectivity index (χ2v) is 7.39. The van der Waals surface area contributed by atoms with Gasteiger partial charge in [0.15, 0.2) is 0 Å². The van der Waals surface area contributed by atoms with Crippen molar-refractivity contribution in [2.75, 3.05) is 0 Å². The summed E-state index contributed by atoms with van der Waals surface area (Å²) in [6, 6.07) is 16.0. The van der Waals surface area contributed by atoms with Crippen molar-refractivity contribution in [2.45, 2.75) is 39.4 Å². The molecule has 154 valence electrons.